The summed E-state index contributed by atoms with van der Waals surface area (Å²) in [5.74, 6) is 7.18. The van der Waals surface area contributed by atoms with Crippen molar-refractivity contribution < 1.29 is 14.2 Å². The zero-order valence-electron chi connectivity index (χ0n) is 12.3. The number of aliphatic imine (C=N–C) groups is 1. The Morgan fingerprint density at radius 3 is 2.50 bits per heavy atom. The number of hydrogen-bond donors (Lipinski definition) is 3. The number of nitrogens with two attached hydrogens (primary N) is 1. The van der Waals surface area contributed by atoms with E-state index >= 15 is 0 Å². The van der Waals surface area contributed by atoms with Crippen LogP contribution in [-0.2, 0) is 4.74 Å². The largest absolute Gasteiger partial charge is 0.493 e. The van der Waals surface area contributed by atoms with Crippen molar-refractivity contribution in [2.45, 2.75) is 13.0 Å². The summed E-state index contributed by atoms with van der Waals surface area (Å²) >= 11 is 0. The number of anilines is 1. The number of hydrazine groups is 1. The van der Waals surface area contributed by atoms with E-state index in [1.165, 1.54) is 0 Å². The van der Waals surface area contributed by atoms with Gasteiger partial charge in [0.1, 0.15) is 0 Å². The molecule has 20 heavy (non-hydrogen) atoms. The first-order chi connectivity index (χ1) is 9.64. The minimum Gasteiger partial charge on any atom is -0.493 e. The first-order valence-electron chi connectivity index (χ1n) is 6.17. The van der Waals surface area contributed by atoms with Crippen molar-refractivity contribution in [1.82, 2.24) is 5.43 Å². The van der Waals surface area contributed by atoms with E-state index in [4.69, 9.17) is 20.1 Å². The highest BCUT2D eigenvalue weighted by molar-refractivity contribution is 5.93. The number of hydrogen-bond acceptors (Lipinski definition) is 5. The van der Waals surface area contributed by atoms with E-state index in [-0.39, 0.29) is 6.04 Å². The predicted molar refractivity (Wildman–Crippen MR) is 79.3 cm³/mol. The summed E-state index contributed by atoms with van der Waals surface area (Å²) in [5, 5.41) is 3.07. The van der Waals surface area contributed by atoms with Crippen LogP contribution in [0.15, 0.2) is 23.2 Å². The smallest absolute Gasteiger partial charge is 0.210 e. The minimum atomic E-state index is -0.0151. The Kier molecular flexibility index (Phi) is 6.61. The van der Waals surface area contributed by atoms with Crippen molar-refractivity contribution in [2.75, 3.05) is 33.3 Å². The van der Waals surface area contributed by atoms with Gasteiger partial charge in [0, 0.05) is 18.9 Å². The van der Waals surface area contributed by atoms with Crippen molar-refractivity contribution in [2.24, 2.45) is 10.8 Å². The summed E-state index contributed by atoms with van der Waals surface area (Å²) < 4.78 is 15.4. The van der Waals surface area contributed by atoms with E-state index in [9.17, 15) is 0 Å². The van der Waals surface area contributed by atoms with E-state index in [0.717, 1.165) is 5.69 Å². The molecule has 112 valence electrons. The number of nitrogens with zero attached hydrogens (tertiary/aromatic N) is 1. The second kappa shape index (κ2) is 8.23. The second-order valence-corrected chi connectivity index (χ2v) is 4.12. The van der Waals surface area contributed by atoms with Gasteiger partial charge in [0.05, 0.1) is 26.9 Å². The van der Waals surface area contributed by atoms with Gasteiger partial charge >= 0.3 is 0 Å². The highest BCUT2D eigenvalue weighted by Gasteiger charge is 2.07. The van der Waals surface area contributed by atoms with Crippen LogP contribution in [0, 0.1) is 0 Å². The lowest BCUT2D eigenvalue weighted by Gasteiger charge is -2.14. The summed E-state index contributed by atoms with van der Waals surface area (Å²) in [6.45, 7) is 2.44. The first kappa shape index (κ1) is 16.1. The molecule has 0 saturated heterocycles. The van der Waals surface area contributed by atoms with Crippen LogP contribution < -0.4 is 26.1 Å². The summed E-state index contributed by atoms with van der Waals surface area (Å²) in [5.41, 5.74) is 3.30. The van der Waals surface area contributed by atoms with Crippen molar-refractivity contribution in [3.63, 3.8) is 0 Å². The third-order valence-electron chi connectivity index (χ3n) is 2.54. The van der Waals surface area contributed by atoms with Gasteiger partial charge in [0.25, 0.3) is 0 Å². The fourth-order valence-electron chi connectivity index (χ4n) is 1.66. The zero-order valence-corrected chi connectivity index (χ0v) is 12.3. The van der Waals surface area contributed by atoms with Gasteiger partial charge in [-0.3, -0.25) is 5.43 Å². The van der Waals surface area contributed by atoms with E-state index in [2.05, 4.69) is 15.7 Å². The van der Waals surface area contributed by atoms with Crippen LogP contribution in [0.1, 0.15) is 6.92 Å². The average molecular weight is 282 g/mol. The maximum Gasteiger partial charge on any atom is 0.210 e. The number of guanidine groups is 1. The monoisotopic (exact) mass is 282 g/mol. The summed E-state index contributed by atoms with van der Waals surface area (Å²) in [7, 11) is 4.80. The van der Waals surface area contributed by atoms with Crippen LogP contribution in [-0.4, -0.2) is 39.9 Å². The van der Waals surface area contributed by atoms with Crippen molar-refractivity contribution in [3.05, 3.63) is 18.2 Å². The molecular weight excluding hydrogens is 260 g/mol. The summed E-state index contributed by atoms with van der Waals surface area (Å²) in [6.07, 6.45) is 0. The van der Waals surface area contributed by atoms with Gasteiger partial charge in [0.15, 0.2) is 11.5 Å². The molecule has 0 saturated carbocycles. The van der Waals surface area contributed by atoms with Gasteiger partial charge in [-0.1, -0.05) is 0 Å². The first-order valence-corrected chi connectivity index (χ1v) is 6.17. The summed E-state index contributed by atoms with van der Waals surface area (Å²) in [4.78, 5) is 4.35. The lowest BCUT2D eigenvalue weighted by Crippen LogP contribution is -2.37. The fraction of sp³-hybridized carbons (Fsp3) is 0.462. The van der Waals surface area contributed by atoms with Crippen LogP contribution >= 0.6 is 0 Å². The SMILES string of the molecule is COCC(C)N=C(NN)Nc1ccc(OC)c(OC)c1. The average Bonchev–Trinajstić information content (AvgIpc) is 2.46. The lowest BCUT2D eigenvalue weighted by molar-refractivity contribution is 0.185. The van der Waals surface area contributed by atoms with Gasteiger partial charge in [-0.25, -0.2) is 10.8 Å². The Morgan fingerprint density at radius 1 is 1.25 bits per heavy atom. The molecule has 4 N–H and O–H groups in total. The maximum absolute atomic E-state index is 5.45. The van der Waals surface area contributed by atoms with Crippen LogP contribution in [0.4, 0.5) is 5.69 Å². The Balaban J connectivity index is 2.84. The van der Waals surface area contributed by atoms with Crippen molar-refractivity contribution in [3.8, 4) is 11.5 Å². The normalized spacial score (nSPS) is 12.8. The van der Waals surface area contributed by atoms with Crippen LogP contribution in [0.5, 0.6) is 11.5 Å². The molecule has 1 atom stereocenters. The second-order valence-electron chi connectivity index (χ2n) is 4.12. The molecule has 0 aliphatic carbocycles. The quantitative estimate of drug-likeness (QED) is 0.312. The van der Waals surface area contributed by atoms with E-state index in [1.54, 1.807) is 33.5 Å². The molecule has 0 heterocycles. The maximum atomic E-state index is 5.45. The lowest BCUT2D eigenvalue weighted by atomic mass is 10.3. The Morgan fingerprint density at radius 2 is 1.95 bits per heavy atom. The van der Waals surface area contributed by atoms with Crippen LogP contribution in [0.3, 0.4) is 0 Å². The molecule has 0 aliphatic heterocycles. The predicted octanol–water partition coefficient (Wildman–Crippen LogP) is 0.970. The number of ether oxygens (including phenoxy) is 3. The minimum absolute atomic E-state index is 0.0151. The highest BCUT2D eigenvalue weighted by atomic mass is 16.5. The molecule has 1 rings (SSSR count). The number of methoxy groups -OCH3 is 3. The molecule has 0 spiro atoms. The molecule has 0 aliphatic rings. The molecule has 0 amide bonds. The standard InChI is InChI=1S/C13H22N4O3/c1-9(8-18-2)15-13(17-14)16-10-5-6-11(19-3)12(7-10)20-4/h5-7,9H,8,14H2,1-4H3,(H2,15,16,17). The van der Waals surface area contributed by atoms with Gasteiger partial charge in [-0.2, -0.15) is 0 Å². The summed E-state index contributed by atoms with van der Waals surface area (Å²) in [6, 6.07) is 5.43. The van der Waals surface area contributed by atoms with Crippen LogP contribution in [0.25, 0.3) is 0 Å². The van der Waals surface area contributed by atoms with Crippen molar-refractivity contribution in [1.29, 1.82) is 0 Å². The zero-order chi connectivity index (χ0) is 15.0. The van der Waals surface area contributed by atoms with Gasteiger partial charge < -0.3 is 19.5 Å². The van der Waals surface area contributed by atoms with Gasteiger partial charge in [-0.05, 0) is 19.1 Å². The molecule has 1 aromatic rings. The number of rotatable bonds is 6. The fourth-order valence-corrected chi connectivity index (χ4v) is 1.66. The van der Waals surface area contributed by atoms with E-state index < -0.39 is 0 Å². The molecule has 7 heteroatoms. The Hall–Kier alpha value is -1.99. The van der Waals surface area contributed by atoms with E-state index in [1.807, 2.05) is 13.0 Å². The third kappa shape index (κ3) is 4.60. The number of benzene rings is 1. The van der Waals surface area contributed by atoms with E-state index in [0.29, 0.717) is 24.1 Å². The topological polar surface area (TPSA) is 90.1 Å². The Labute approximate surface area is 119 Å². The van der Waals surface area contributed by atoms with Crippen molar-refractivity contribution >= 4 is 11.6 Å². The molecule has 1 unspecified atom stereocenters. The van der Waals surface area contributed by atoms with Gasteiger partial charge in [0.2, 0.25) is 5.96 Å². The molecular formula is C13H22N4O3. The van der Waals surface area contributed by atoms with Gasteiger partial charge in [-0.15, -0.1) is 0 Å². The highest BCUT2D eigenvalue weighted by Crippen LogP contribution is 2.29. The molecule has 0 aromatic heterocycles. The molecule has 7 nitrogen and oxygen atoms in total. The Bertz CT molecular complexity index is 451. The molecule has 0 bridgehead atoms. The molecule has 0 fully saturated rings. The van der Waals surface area contributed by atoms with Crippen LogP contribution in [0.2, 0.25) is 0 Å². The molecule has 1 aromatic carbocycles. The number of nitrogens with one attached hydrogen (secondary N) is 2. The molecule has 0 radical (unpaired) electrons. The third-order valence-corrected chi connectivity index (χ3v) is 2.54.